The van der Waals surface area contributed by atoms with Gasteiger partial charge in [0.15, 0.2) is 11.6 Å². The first-order valence-corrected chi connectivity index (χ1v) is 10.3. The molecule has 0 aliphatic heterocycles. The molecular formula is C22H31N3O6. The minimum atomic E-state index is -1.92. The highest BCUT2D eigenvalue weighted by Gasteiger charge is 2.67. The third-order valence-corrected chi connectivity index (χ3v) is 5.85. The van der Waals surface area contributed by atoms with Crippen molar-refractivity contribution < 1.29 is 29.0 Å². The number of carbonyl (C=O) groups excluding carboxylic acids is 4. The summed E-state index contributed by atoms with van der Waals surface area (Å²) in [7, 11) is 0. The number of ketones is 2. The molecule has 9 heteroatoms. The standard InChI is InChI=1S/C22H31N3O6/c1-4-31-20(30)22(24)11-5-10-21(22,18(28)13(2)23)19(29)17(25-14(3)26)12-15-6-8-16(27)9-7-15/h6-9,13,17,27H,4-5,10-12,23-24H2,1-3H3,(H,25,26). The normalized spacial score (nSPS) is 24.8. The molecule has 1 saturated carbocycles. The molecule has 0 heterocycles. The molecule has 9 nitrogen and oxygen atoms in total. The quantitative estimate of drug-likeness (QED) is 0.320. The molecule has 1 aliphatic carbocycles. The van der Waals surface area contributed by atoms with E-state index in [2.05, 4.69) is 5.32 Å². The van der Waals surface area contributed by atoms with Gasteiger partial charge in [0.25, 0.3) is 0 Å². The number of phenolic OH excluding ortho intramolecular Hbond substituents is 1. The number of hydrogen-bond acceptors (Lipinski definition) is 8. The number of aromatic hydroxyl groups is 1. The van der Waals surface area contributed by atoms with Crippen LogP contribution in [0.25, 0.3) is 0 Å². The van der Waals surface area contributed by atoms with Gasteiger partial charge in [0.2, 0.25) is 5.91 Å². The lowest BCUT2D eigenvalue weighted by Crippen LogP contribution is -2.69. The van der Waals surface area contributed by atoms with Gasteiger partial charge < -0.3 is 26.6 Å². The van der Waals surface area contributed by atoms with Gasteiger partial charge in [-0.05, 0) is 57.2 Å². The predicted octanol–water partition coefficient (Wildman–Crippen LogP) is 0.356. The molecule has 6 N–H and O–H groups in total. The predicted molar refractivity (Wildman–Crippen MR) is 113 cm³/mol. The lowest BCUT2D eigenvalue weighted by molar-refractivity contribution is -0.163. The summed E-state index contributed by atoms with van der Waals surface area (Å²) < 4.78 is 5.13. The minimum Gasteiger partial charge on any atom is -0.508 e. The van der Waals surface area contributed by atoms with Gasteiger partial charge in [0, 0.05) is 6.92 Å². The maximum Gasteiger partial charge on any atom is 0.327 e. The molecule has 4 atom stereocenters. The van der Waals surface area contributed by atoms with Gasteiger partial charge in [-0.2, -0.15) is 0 Å². The number of carbonyl (C=O) groups is 4. The number of ether oxygens (including phenoxy) is 1. The van der Waals surface area contributed by atoms with Crippen LogP contribution in [0.4, 0.5) is 0 Å². The van der Waals surface area contributed by atoms with Gasteiger partial charge >= 0.3 is 5.97 Å². The molecule has 0 saturated heterocycles. The molecule has 31 heavy (non-hydrogen) atoms. The number of hydrogen-bond donors (Lipinski definition) is 4. The van der Waals surface area contributed by atoms with Gasteiger partial charge in [-0.3, -0.25) is 19.2 Å². The van der Waals surface area contributed by atoms with Gasteiger partial charge in [0.05, 0.1) is 18.7 Å². The van der Waals surface area contributed by atoms with E-state index in [-0.39, 0.29) is 31.6 Å². The smallest absolute Gasteiger partial charge is 0.327 e. The first-order chi connectivity index (χ1) is 14.5. The molecule has 0 radical (unpaired) electrons. The molecule has 170 valence electrons. The number of nitrogens with two attached hydrogens (primary N) is 2. The van der Waals surface area contributed by atoms with E-state index in [0.29, 0.717) is 12.0 Å². The van der Waals surface area contributed by atoms with Crippen LogP contribution in [0.1, 0.15) is 45.6 Å². The van der Waals surface area contributed by atoms with Crippen molar-refractivity contribution in [2.45, 2.75) is 64.1 Å². The van der Waals surface area contributed by atoms with E-state index in [1.807, 2.05) is 0 Å². The van der Waals surface area contributed by atoms with E-state index < -0.39 is 46.5 Å². The van der Waals surface area contributed by atoms with Crippen LogP contribution in [-0.4, -0.2) is 52.8 Å². The van der Waals surface area contributed by atoms with Crippen molar-refractivity contribution in [1.29, 1.82) is 0 Å². The van der Waals surface area contributed by atoms with Crippen LogP contribution in [0.15, 0.2) is 24.3 Å². The monoisotopic (exact) mass is 433 g/mol. The molecule has 2 rings (SSSR count). The average Bonchev–Trinajstić information content (AvgIpc) is 3.07. The Labute approximate surface area is 181 Å². The Morgan fingerprint density at radius 2 is 1.77 bits per heavy atom. The number of nitrogens with one attached hydrogen (secondary N) is 1. The zero-order valence-corrected chi connectivity index (χ0v) is 18.1. The Hall–Kier alpha value is -2.78. The summed E-state index contributed by atoms with van der Waals surface area (Å²) in [5.74, 6) is -2.56. The van der Waals surface area contributed by atoms with Crippen molar-refractivity contribution in [2.24, 2.45) is 16.9 Å². The third-order valence-electron chi connectivity index (χ3n) is 5.85. The SMILES string of the molecule is CCOC(=O)C1(N)CCCC1(C(=O)C(C)N)C(=O)C(Cc1ccc(O)cc1)NC(C)=O. The van der Waals surface area contributed by atoms with Crippen molar-refractivity contribution in [3.8, 4) is 5.75 Å². The van der Waals surface area contributed by atoms with E-state index in [4.69, 9.17) is 16.2 Å². The Kier molecular flexibility index (Phi) is 7.56. The molecule has 1 amide bonds. The highest BCUT2D eigenvalue weighted by Crippen LogP contribution is 2.48. The van der Waals surface area contributed by atoms with Crippen molar-refractivity contribution in [3.05, 3.63) is 29.8 Å². The Morgan fingerprint density at radius 1 is 1.16 bits per heavy atom. The van der Waals surface area contributed by atoms with Gasteiger partial charge in [0.1, 0.15) is 16.7 Å². The molecule has 0 spiro atoms. The largest absolute Gasteiger partial charge is 0.508 e. The van der Waals surface area contributed by atoms with E-state index in [0.717, 1.165) is 0 Å². The Bertz CT molecular complexity index is 853. The maximum atomic E-state index is 13.9. The molecular weight excluding hydrogens is 402 g/mol. The summed E-state index contributed by atoms with van der Waals surface area (Å²) in [4.78, 5) is 52.0. The maximum absolute atomic E-state index is 13.9. The number of Topliss-reactive ketones (excluding diaryl/α,β-unsaturated/α-hetero) is 2. The van der Waals surface area contributed by atoms with Crippen LogP contribution in [0.2, 0.25) is 0 Å². The Morgan fingerprint density at radius 3 is 2.29 bits per heavy atom. The number of phenols is 1. The molecule has 1 aliphatic rings. The minimum absolute atomic E-state index is 0.0349. The zero-order chi connectivity index (χ0) is 23.4. The fourth-order valence-electron chi connectivity index (χ4n) is 4.42. The van der Waals surface area contributed by atoms with Crippen LogP contribution in [0, 0.1) is 5.41 Å². The second-order valence-corrected chi connectivity index (χ2v) is 8.09. The Balaban J connectivity index is 2.57. The average molecular weight is 434 g/mol. The highest BCUT2D eigenvalue weighted by atomic mass is 16.5. The van der Waals surface area contributed by atoms with E-state index in [9.17, 15) is 24.3 Å². The zero-order valence-electron chi connectivity index (χ0n) is 18.1. The van der Waals surface area contributed by atoms with Crippen LogP contribution >= 0.6 is 0 Å². The summed E-state index contributed by atoms with van der Waals surface area (Å²) in [6.07, 6.45) is 0.520. The fraction of sp³-hybridized carbons (Fsp3) is 0.545. The fourth-order valence-corrected chi connectivity index (χ4v) is 4.42. The molecule has 0 aromatic heterocycles. The summed E-state index contributed by atoms with van der Waals surface area (Å²) in [6.45, 7) is 4.34. The lowest BCUT2D eigenvalue weighted by Gasteiger charge is -2.41. The van der Waals surface area contributed by atoms with Crippen molar-refractivity contribution in [3.63, 3.8) is 0 Å². The first kappa shape index (κ1) is 24.5. The van der Waals surface area contributed by atoms with Crippen LogP contribution in [-0.2, 0) is 30.3 Å². The van der Waals surface area contributed by atoms with Crippen molar-refractivity contribution >= 4 is 23.4 Å². The first-order valence-electron chi connectivity index (χ1n) is 10.3. The van der Waals surface area contributed by atoms with Gasteiger partial charge in [-0.15, -0.1) is 0 Å². The molecule has 0 bridgehead atoms. The molecule has 1 aromatic rings. The van der Waals surface area contributed by atoms with Crippen molar-refractivity contribution in [2.75, 3.05) is 6.61 Å². The second-order valence-electron chi connectivity index (χ2n) is 8.09. The third kappa shape index (κ3) is 4.62. The van der Waals surface area contributed by atoms with Crippen LogP contribution < -0.4 is 16.8 Å². The van der Waals surface area contributed by atoms with Crippen LogP contribution in [0.5, 0.6) is 5.75 Å². The highest BCUT2D eigenvalue weighted by molar-refractivity contribution is 6.16. The molecule has 1 fully saturated rings. The van der Waals surface area contributed by atoms with E-state index in [1.54, 1.807) is 19.1 Å². The van der Waals surface area contributed by atoms with Crippen LogP contribution in [0.3, 0.4) is 0 Å². The van der Waals surface area contributed by atoms with E-state index in [1.165, 1.54) is 26.0 Å². The molecule has 1 aromatic carbocycles. The van der Waals surface area contributed by atoms with Gasteiger partial charge in [-0.1, -0.05) is 12.1 Å². The summed E-state index contributed by atoms with van der Waals surface area (Å²) in [6, 6.07) is 3.94. The molecule has 4 unspecified atom stereocenters. The summed E-state index contributed by atoms with van der Waals surface area (Å²) in [5.41, 5.74) is 9.20. The van der Waals surface area contributed by atoms with Crippen molar-refractivity contribution in [1.82, 2.24) is 5.32 Å². The number of rotatable bonds is 9. The number of benzene rings is 1. The van der Waals surface area contributed by atoms with E-state index >= 15 is 0 Å². The number of esters is 1. The van der Waals surface area contributed by atoms with Gasteiger partial charge in [-0.25, -0.2) is 0 Å². The topological polar surface area (TPSA) is 162 Å². The summed E-state index contributed by atoms with van der Waals surface area (Å²) >= 11 is 0. The lowest BCUT2D eigenvalue weighted by atomic mass is 9.63. The number of amides is 1. The summed E-state index contributed by atoms with van der Waals surface area (Å²) in [5, 5.41) is 12.1. The second kappa shape index (κ2) is 9.57.